The predicted octanol–water partition coefficient (Wildman–Crippen LogP) is 4.79. The van der Waals surface area contributed by atoms with Gasteiger partial charge in [-0.05, 0) is 35.2 Å². The monoisotopic (exact) mass is 385 g/mol. The van der Waals surface area contributed by atoms with Crippen LogP contribution in [0.4, 0.5) is 0 Å². The van der Waals surface area contributed by atoms with E-state index in [0.29, 0.717) is 21.4 Å². The second-order valence-electron chi connectivity index (χ2n) is 5.29. The number of hydrogen-bond acceptors (Lipinski definition) is 5. The highest BCUT2D eigenvalue weighted by Crippen LogP contribution is 2.26. The van der Waals surface area contributed by atoms with Crippen molar-refractivity contribution in [3.63, 3.8) is 0 Å². The van der Waals surface area contributed by atoms with Crippen LogP contribution in [0.25, 0.3) is 15.9 Å². The second-order valence-corrected chi connectivity index (χ2v) is 7.51. The molecule has 4 aromatic rings. The van der Waals surface area contributed by atoms with Gasteiger partial charge in [0.15, 0.2) is 5.16 Å². The van der Waals surface area contributed by atoms with E-state index >= 15 is 0 Å². The van der Waals surface area contributed by atoms with E-state index in [4.69, 9.17) is 16.6 Å². The average molecular weight is 386 g/mol. The van der Waals surface area contributed by atoms with Crippen LogP contribution in [0.15, 0.2) is 70.1 Å². The van der Waals surface area contributed by atoms with Crippen LogP contribution in [0.3, 0.4) is 0 Å². The third kappa shape index (κ3) is 3.33. The first kappa shape index (κ1) is 16.3. The van der Waals surface area contributed by atoms with E-state index in [9.17, 15) is 4.79 Å². The predicted molar refractivity (Wildman–Crippen MR) is 104 cm³/mol. The molecule has 3 aromatic heterocycles. The standard InChI is InChI=1S/C18H12ClN3OS2/c19-15-7-6-12(10-20-15)11-25-18-21-16-14(8-9-24-16)17(23)22(18)13-4-2-1-3-5-13/h1-10H,11H2. The van der Waals surface area contributed by atoms with Crippen molar-refractivity contribution in [2.45, 2.75) is 10.9 Å². The van der Waals surface area contributed by atoms with E-state index in [1.165, 1.54) is 23.1 Å². The number of halogens is 1. The molecule has 0 aliphatic rings. The molecule has 0 N–H and O–H groups in total. The fourth-order valence-corrected chi connectivity index (χ4v) is 4.30. The van der Waals surface area contributed by atoms with E-state index < -0.39 is 0 Å². The second kappa shape index (κ2) is 7.00. The molecule has 0 radical (unpaired) electrons. The topological polar surface area (TPSA) is 47.8 Å². The van der Waals surface area contributed by atoms with Crippen molar-refractivity contribution in [3.05, 3.63) is 81.2 Å². The van der Waals surface area contributed by atoms with Crippen molar-refractivity contribution in [3.8, 4) is 5.69 Å². The molecule has 0 amide bonds. The van der Waals surface area contributed by atoms with Crippen molar-refractivity contribution in [1.29, 1.82) is 0 Å². The van der Waals surface area contributed by atoms with Gasteiger partial charge in [0.1, 0.15) is 9.98 Å². The molecule has 4 rings (SSSR count). The lowest BCUT2D eigenvalue weighted by atomic mass is 10.3. The van der Waals surface area contributed by atoms with Crippen LogP contribution in [0, 0.1) is 0 Å². The molecule has 0 unspecified atom stereocenters. The van der Waals surface area contributed by atoms with E-state index in [1.54, 1.807) is 16.8 Å². The van der Waals surface area contributed by atoms with Gasteiger partial charge in [-0.15, -0.1) is 11.3 Å². The normalized spacial score (nSPS) is 11.1. The molecule has 0 saturated heterocycles. The van der Waals surface area contributed by atoms with Crippen LogP contribution in [0.1, 0.15) is 5.56 Å². The summed E-state index contributed by atoms with van der Waals surface area (Å²) in [6, 6.07) is 15.1. The van der Waals surface area contributed by atoms with Crippen molar-refractivity contribution in [2.24, 2.45) is 0 Å². The average Bonchev–Trinajstić information content (AvgIpc) is 3.11. The summed E-state index contributed by atoms with van der Waals surface area (Å²) in [5, 5.41) is 3.67. The fourth-order valence-electron chi connectivity index (χ4n) is 2.44. The summed E-state index contributed by atoms with van der Waals surface area (Å²) >= 11 is 8.82. The molecule has 124 valence electrons. The molecular weight excluding hydrogens is 374 g/mol. The number of para-hydroxylation sites is 1. The third-order valence-corrected chi connectivity index (χ3v) is 5.68. The molecule has 0 atom stereocenters. The largest absolute Gasteiger partial charge is 0.268 e. The van der Waals surface area contributed by atoms with Crippen molar-refractivity contribution < 1.29 is 0 Å². The molecule has 0 aliphatic heterocycles. The lowest BCUT2D eigenvalue weighted by molar-refractivity contribution is 0.822. The first-order chi connectivity index (χ1) is 12.2. The van der Waals surface area contributed by atoms with Gasteiger partial charge in [-0.2, -0.15) is 0 Å². The molecule has 0 aliphatic carbocycles. The maximum atomic E-state index is 13.0. The fraction of sp³-hybridized carbons (Fsp3) is 0.0556. The summed E-state index contributed by atoms with van der Waals surface area (Å²) in [5.41, 5.74) is 1.79. The number of thioether (sulfide) groups is 1. The highest BCUT2D eigenvalue weighted by molar-refractivity contribution is 7.98. The Bertz CT molecular complexity index is 1080. The number of rotatable bonds is 4. The Hall–Kier alpha value is -2.15. The quantitative estimate of drug-likeness (QED) is 0.288. The highest BCUT2D eigenvalue weighted by atomic mass is 35.5. The van der Waals surface area contributed by atoms with Crippen LogP contribution >= 0.6 is 34.7 Å². The van der Waals surface area contributed by atoms with Crippen LogP contribution < -0.4 is 5.56 Å². The molecule has 0 saturated carbocycles. The lowest BCUT2D eigenvalue weighted by Gasteiger charge is -2.12. The molecule has 0 bridgehead atoms. The van der Waals surface area contributed by atoms with E-state index in [0.717, 1.165) is 16.1 Å². The Morgan fingerprint density at radius 1 is 1.12 bits per heavy atom. The van der Waals surface area contributed by atoms with Crippen molar-refractivity contribution in [1.82, 2.24) is 14.5 Å². The van der Waals surface area contributed by atoms with Gasteiger partial charge in [-0.25, -0.2) is 9.97 Å². The SMILES string of the molecule is O=c1c2ccsc2nc(SCc2ccc(Cl)nc2)n1-c1ccccc1. The molecule has 25 heavy (non-hydrogen) atoms. The zero-order chi connectivity index (χ0) is 17.2. The first-order valence-electron chi connectivity index (χ1n) is 7.51. The summed E-state index contributed by atoms with van der Waals surface area (Å²) in [4.78, 5) is 22.5. The Morgan fingerprint density at radius 2 is 1.96 bits per heavy atom. The Balaban J connectivity index is 1.78. The van der Waals surface area contributed by atoms with E-state index in [2.05, 4.69) is 4.98 Å². The smallest absolute Gasteiger partial charge is 0.267 e. The molecule has 7 heteroatoms. The number of nitrogens with zero attached hydrogens (tertiary/aromatic N) is 3. The van der Waals surface area contributed by atoms with Gasteiger partial charge < -0.3 is 0 Å². The minimum Gasteiger partial charge on any atom is -0.268 e. The first-order valence-corrected chi connectivity index (χ1v) is 9.75. The summed E-state index contributed by atoms with van der Waals surface area (Å²) in [6.07, 6.45) is 1.74. The highest BCUT2D eigenvalue weighted by Gasteiger charge is 2.14. The molecule has 0 spiro atoms. The molecular formula is C18H12ClN3OS2. The van der Waals surface area contributed by atoms with Gasteiger partial charge in [0.25, 0.3) is 5.56 Å². The summed E-state index contributed by atoms with van der Waals surface area (Å²) < 4.78 is 1.67. The van der Waals surface area contributed by atoms with Gasteiger partial charge in [0, 0.05) is 11.9 Å². The third-order valence-electron chi connectivity index (χ3n) is 3.64. The van der Waals surface area contributed by atoms with Crippen molar-refractivity contribution >= 4 is 44.9 Å². The molecule has 1 aromatic carbocycles. The van der Waals surface area contributed by atoms with Crippen molar-refractivity contribution in [2.75, 3.05) is 0 Å². The summed E-state index contributed by atoms with van der Waals surface area (Å²) in [7, 11) is 0. The van der Waals surface area contributed by atoms with E-state index in [1.807, 2.05) is 47.8 Å². The van der Waals surface area contributed by atoms with Crippen LogP contribution in [-0.2, 0) is 5.75 Å². The van der Waals surface area contributed by atoms with E-state index in [-0.39, 0.29) is 5.56 Å². The van der Waals surface area contributed by atoms with Gasteiger partial charge in [-0.3, -0.25) is 9.36 Å². The van der Waals surface area contributed by atoms with Crippen LogP contribution in [0.2, 0.25) is 5.15 Å². The minimum absolute atomic E-state index is 0.0471. The van der Waals surface area contributed by atoms with Gasteiger partial charge in [0.2, 0.25) is 0 Å². The summed E-state index contributed by atoms with van der Waals surface area (Å²) in [6.45, 7) is 0. The van der Waals surface area contributed by atoms with Gasteiger partial charge in [-0.1, -0.05) is 47.6 Å². The molecule has 0 fully saturated rings. The maximum absolute atomic E-state index is 13.0. The zero-order valence-corrected chi connectivity index (χ0v) is 15.3. The molecule has 4 nitrogen and oxygen atoms in total. The molecule has 3 heterocycles. The number of benzene rings is 1. The minimum atomic E-state index is -0.0471. The van der Waals surface area contributed by atoms with Gasteiger partial charge >= 0.3 is 0 Å². The number of fused-ring (bicyclic) bond motifs is 1. The summed E-state index contributed by atoms with van der Waals surface area (Å²) in [5.74, 6) is 0.653. The Labute approximate surface area is 157 Å². The number of aromatic nitrogens is 3. The zero-order valence-electron chi connectivity index (χ0n) is 12.9. The van der Waals surface area contributed by atoms with Gasteiger partial charge in [0.05, 0.1) is 11.1 Å². The number of pyridine rings is 1. The Morgan fingerprint density at radius 3 is 2.72 bits per heavy atom. The Kier molecular flexibility index (Phi) is 4.57. The number of hydrogen-bond donors (Lipinski definition) is 0. The maximum Gasteiger partial charge on any atom is 0.267 e. The number of thiophene rings is 1. The van der Waals surface area contributed by atoms with Crippen LogP contribution in [0.5, 0.6) is 0 Å². The van der Waals surface area contributed by atoms with Crippen LogP contribution in [-0.4, -0.2) is 14.5 Å². The lowest BCUT2D eigenvalue weighted by Crippen LogP contribution is -2.21.